The van der Waals surface area contributed by atoms with Crippen LogP contribution in [0.15, 0.2) is 66.4 Å². The first-order chi connectivity index (χ1) is 25.9. The van der Waals surface area contributed by atoms with Gasteiger partial charge in [0.1, 0.15) is 6.04 Å². The number of piperazine rings is 1. The van der Waals surface area contributed by atoms with Crippen molar-refractivity contribution in [2.24, 2.45) is 5.92 Å². The van der Waals surface area contributed by atoms with Crippen LogP contribution in [-0.2, 0) is 22.6 Å². The van der Waals surface area contributed by atoms with Crippen LogP contribution in [0.25, 0.3) is 16.5 Å². The van der Waals surface area contributed by atoms with E-state index in [9.17, 15) is 14.4 Å². The predicted octanol–water partition coefficient (Wildman–Crippen LogP) is 5.91. The lowest BCUT2D eigenvalue weighted by Crippen LogP contribution is -2.52. The first-order valence-corrected chi connectivity index (χ1v) is 19.7. The minimum atomic E-state index is -0.580. The maximum atomic E-state index is 13.1. The van der Waals surface area contributed by atoms with Crippen molar-refractivity contribution in [3.05, 3.63) is 94.2 Å². The zero-order valence-corrected chi connectivity index (χ0v) is 30.7. The number of rotatable bonds is 7. The van der Waals surface area contributed by atoms with E-state index in [-0.39, 0.29) is 24.1 Å². The van der Waals surface area contributed by atoms with Crippen LogP contribution in [0.5, 0.6) is 0 Å². The Labute approximate surface area is 311 Å². The lowest BCUT2D eigenvalue weighted by atomic mass is 9.88. The van der Waals surface area contributed by atoms with E-state index in [2.05, 4.69) is 85.7 Å². The van der Waals surface area contributed by atoms with Gasteiger partial charge in [-0.25, -0.2) is 0 Å². The Balaban J connectivity index is 0.783. The van der Waals surface area contributed by atoms with Gasteiger partial charge < -0.3 is 14.7 Å². The van der Waals surface area contributed by atoms with E-state index in [1.165, 1.54) is 52.6 Å². The SMILES string of the molecule is CCC1=C(c2ccc(N3CCC(CN4CCN(c5ccc6c(c5)CN([C@H]5CCC(=O)NC5=O)C6=O)CC4)CC3)cc2)c2ccc3[nH]ncc3c2CCC1. The van der Waals surface area contributed by atoms with Crippen LogP contribution < -0.4 is 15.1 Å². The van der Waals surface area contributed by atoms with Crippen LogP contribution in [0.1, 0.15) is 84.5 Å². The molecule has 10 nitrogen and oxygen atoms in total. The molecular weight excluding hydrogens is 663 g/mol. The number of aromatic amines is 1. The number of amides is 3. The molecule has 1 aliphatic carbocycles. The molecule has 3 amide bonds. The Morgan fingerprint density at radius 1 is 0.792 bits per heavy atom. The van der Waals surface area contributed by atoms with Crippen molar-refractivity contribution in [2.45, 2.75) is 70.9 Å². The number of carbonyl (C=O) groups excluding carboxylic acids is 3. The molecule has 2 N–H and O–H groups in total. The van der Waals surface area contributed by atoms with Gasteiger partial charge in [-0.1, -0.05) is 30.7 Å². The van der Waals surface area contributed by atoms with Gasteiger partial charge >= 0.3 is 0 Å². The Bertz CT molecular complexity index is 2090. The number of imide groups is 1. The lowest BCUT2D eigenvalue weighted by Gasteiger charge is -2.40. The average Bonchev–Trinajstić information content (AvgIpc) is 3.74. The second kappa shape index (κ2) is 14.1. The highest BCUT2D eigenvalue weighted by atomic mass is 16.2. The number of benzene rings is 3. The molecule has 4 aromatic rings. The van der Waals surface area contributed by atoms with Crippen LogP contribution >= 0.6 is 0 Å². The number of aryl methyl sites for hydroxylation is 1. The summed E-state index contributed by atoms with van der Waals surface area (Å²) in [5, 5.41) is 11.2. The van der Waals surface area contributed by atoms with Crippen molar-refractivity contribution >= 4 is 45.6 Å². The molecule has 4 aliphatic heterocycles. The first kappa shape index (κ1) is 33.8. The molecule has 0 saturated carbocycles. The molecule has 1 aromatic heterocycles. The van der Waals surface area contributed by atoms with Crippen LogP contribution in [0.2, 0.25) is 0 Å². The number of hydrogen-bond acceptors (Lipinski definition) is 7. The van der Waals surface area contributed by atoms with Crippen LogP contribution in [0.3, 0.4) is 0 Å². The van der Waals surface area contributed by atoms with Gasteiger partial charge in [0, 0.05) is 81.1 Å². The maximum absolute atomic E-state index is 13.1. The molecule has 0 bridgehead atoms. The summed E-state index contributed by atoms with van der Waals surface area (Å²) in [7, 11) is 0. The van der Waals surface area contributed by atoms with Gasteiger partial charge in [-0.2, -0.15) is 5.10 Å². The number of H-pyrrole nitrogens is 1. The van der Waals surface area contributed by atoms with E-state index in [1.54, 1.807) is 10.5 Å². The topological polar surface area (TPSA) is 105 Å². The summed E-state index contributed by atoms with van der Waals surface area (Å²) in [6.07, 6.45) is 9.57. The summed E-state index contributed by atoms with van der Waals surface area (Å²) in [6.45, 7) is 10.0. The van der Waals surface area contributed by atoms with Gasteiger partial charge in [0.05, 0.1) is 11.7 Å². The van der Waals surface area contributed by atoms with Crippen LogP contribution in [0.4, 0.5) is 11.4 Å². The monoisotopic (exact) mass is 711 g/mol. The average molecular weight is 712 g/mol. The number of aromatic nitrogens is 2. The molecule has 0 spiro atoms. The van der Waals surface area contributed by atoms with Gasteiger partial charge in [-0.3, -0.25) is 29.7 Å². The van der Waals surface area contributed by atoms with E-state index < -0.39 is 6.04 Å². The molecule has 1 atom stereocenters. The highest BCUT2D eigenvalue weighted by molar-refractivity contribution is 6.05. The molecule has 274 valence electrons. The van der Waals surface area contributed by atoms with E-state index in [1.807, 2.05) is 12.3 Å². The summed E-state index contributed by atoms with van der Waals surface area (Å²) in [5.74, 6) is -0.0346. The molecule has 10 heteroatoms. The molecule has 53 heavy (non-hydrogen) atoms. The molecule has 5 aliphatic rings. The lowest BCUT2D eigenvalue weighted by molar-refractivity contribution is -0.136. The summed E-state index contributed by atoms with van der Waals surface area (Å²) in [6, 6.07) is 19.4. The van der Waals surface area contributed by atoms with Crippen molar-refractivity contribution < 1.29 is 14.4 Å². The van der Waals surface area contributed by atoms with Crippen LogP contribution in [0, 0.1) is 5.92 Å². The molecule has 5 heterocycles. The number of anilines is 2. The number of carbonyl (C=O) groups is 3. The highest BCUT2D eigenvalue weighted by Gasteiger charge is 2.39. The minimum Gasteiger partial charge on any atom is -0.372 e. The Morgan fingerprint density at radius 2 is 1.55 bits per heavy atom. The number of fused-ring (bicyclic) bond motifs is 4. The molecular formula is C43H49N7O3. The zero-order valence-electron chi connectivity index (χ0n) is 30.7. The standard InChI is InChI=1S/C43H49N7O3/c1-2-29-4-3-5-35-36(12-13-38-37(35)25-44-46-38)41(29)30-6-8-32(9-7-30)48-18-16-28(17-19-48)26-47-20-22-49(23-21-47)33-10-11-34-31(24-33)27-50(43(34)53)39-14-15-40(51)45-42(39)52/h6-13,24-25,28,39H,2-5,14-23,26-27H2,1H3,(H,44,46)(H,45,51,52)/t39-/m0/s1. The van der Waals surface area contributed by atoms with E-state index in [0.717, 1.165) is 81.8 Å². The Hall–Kier alpha value is -4.96. The summed E-state index contributed by atoms with van der Waals surface area (Å²) >= 11 is 0. The number of allylic oxidation sites excluding steroid dienone is 1. The van der Waals surface area contributed by atoms with Gasteiger partial charge in [0.2, 0.25) is 11.8 Å². The highest BCUT2D eigenvalue weighted by Crippen LogP contribution is 2.40. The van der Waals surface area contributed by atoms with E-state index in [4.69, 9.17) is 0 Å². The van der Waals surface area contributed by atoms with E-state index in [0.29, 0.717) is 24.4 Å². The second-order valence-electron chi connectivity index (χ2n) is 15.6. The number of nitrogens with one attached hydrogen (secondary N) is 2. The molecule has 3 aromatic carbocycles. The molecule has 0 unspecified atom stereocenters. The molecule has 3 saturated heterocycles. The fraction of sp³-hybridized carbons (Fsp3) is 0.442. The minimum absolute atomic E-state index is 0.116. The number of nitrogens with zero attached hydrogens (tertiary/aromatic N) is 5. The second-order valence-corrected chi connectivity index (χ2v) is 15.6. The van der Waals surface area contributed by atoms with Crippen molar-refractivity contribution in [1.29, 1.82) is 0 Å². The fourth-order valence-electron chi connectivity index (χ4n) is 9.61. The van der Waals surface area contributed by atoms with Gasteiger partial charge in [0.25, 0.3) is 5.91 Å². The largest absolute Gasteiger partial charge is 0.372 e. The fourth-order valence-corrected chi connectivity index (χ4v) is 9.61. The third-order valence-electron chi connectivity index (χ3n) is 12.6. The third-order valence-corrected chi connectivity index (χ3v) is 12.6. The number of piperidine rings is 2. The summed E-state index contributed by atoms with van der Waals surface area (Å²) in [4.78, 5) is 46.5. The number of hydrogen-bond donors (Lipinski definition) is 2. The van der Waals surface area contributed by atoms with Gasteiger partial charge in [-0.05, 0) is 115 Å². The summed E-state index contributed by atoms with van der Waals surface area (Å²) < 4.78 is 0. The summed E-state index contributed by atoms with van der Waals surface area (Å²) in [5.41, 5.74) is 12.4. The van der Waals surface area contributed by atoms with Crippen molar-refractivity contribution in [3.8, 4) is 0 Å². The predicted molar refractivity (Wildman–Crippen MR) is 208 cm³/mol. The van der Waals surface area contributed by atoms with Gasteiger partial charge in [0.15, 0.2) is 0 Å². The van der Waals surface area contributed by atoms with Crippen molar-refractivity contribution in [2.75, 3.05) is 55.6 Å². The van der Waals surface area contributed by atoms with E-state index >= 15 is 0 Å². The zero-order chi connectivity index (χ0) is 36.1. The Morgan fingerprint density at radius 3 is 2.32 bits per heavy atom. The normalized spacial score (nSPS) is 21.6. The van der Waals surface area contributed by atoms with Crippen molar-refractivity contribution in [3.63, 3.8) is 0 Å². The molecule has 3 fully saturated rings. The first-order valence-electron chi connectivity index (χ1n) is 19.7. The molecule has 9 rings (SSSR count). The van der Waals surface area contributed by atoms with Crippen LogP contribution in [-0.4, -0.2) is 89.6 Å². The quantitative estimate of drug-likeness (QED) is 0.230. The van der Waals surface area contributed by atoms with Crippen molar-refractivity contribution in [1.82, 2.24) is 25.3 Å². The maximum Gasteiger partial charge on any atom is 0.255 e. The smallest absolute Gasteiger partial charge is 0.255 e. The third kappa shape index (κ3) is 6.41. The Kier molecular flexibility index (Phi) is 9.02. The molecule has 0 radical (unpaired) electrons. The van der Waals surface area contributed by atoms with Gasteiger partial charge in [-0.15, -0.1) is 0 Å².